The molecule has 7 nitrogen and oxygen atoms in total. The van der Waals surface area contributed by atoms with E-state index >= 15 is 0 Å². The molecule has 31 heavy (non-hydrogen) atoms. The second kappa shape index (κ2) is 11.1. The van der Waals surface area contributed by atoms with Gasteiger partial charge in [0.1, 0.15) is 5.82 Å². The third-order valence-electron chi connectivity index (χ3n) is 5.09. The fraction of sp³-hybridized carbons (Fsp3) is 0.455. The molecular weight excluding hydrogens is 415 g/mol. The van der Waals surface area contributed by atoms with E-state index in [1.165, 1.54) is 17.4 Å². The Morgan fingerprint density at radius 3 is 2.94 bits per heavy atom. The minimum atomic E-state index is -0.400. The van der Waals surface area contributed by atoms with E-state index in [-0.39, 0.29) is 11.9 Å². The Kier molecular flexibility index (Phi) is 8.25. The highest BCUT2D eigenvalue weighted by atomic mass is 32.1. The van der Waals surface area contributed by atoms with Crippen LogP contribution < -0.4 is 16.0 Å². The van der Waals surface area contributed by atoms with Crippen molar-refractivity contribution in [3.05, 3.63) is 47.0 Å². The highest BCUT2D eigenvalue weighted by Crippen LogP contribution is 2.25. The molecule has 1 fully saturated rings. The maximum Gasteiger partial charge on any atom is 0.271 e. The summed E-state index contributed by atoms with van der Waals surface area (Å²) in [6, 6.07) is 3.02. The lowest BCUT2D eigenvalue weighted by molar-refractivity contribution is 0.0948. The third kappa shape index (κ3) is 5.95. The highest BCUT2D eigenvalue weighted by molar-refractivity contribution is 7.17. The first-order chi connectivity index (χ1) is 15.1. The average molecular weight is 445 g/mol. The molecule has 1 saturated heterocycles. The zero-order valence-corrected chi connectivity index (χ0v) is 18.9. The zero-order chi connectivity index (χ0) is 22.2. The van der Waals surface area contributed by atoms with Crippen LogP contribution in [0.1, 0.15) is 55.7 Å². The molecule has 0 saturated carbocycles. The topological polar surface area (TPSA) is 91.8 Å². The van der Waals surface area contributed by atoms with Crippen LogP contribution >= 0.6 is 11.3 Å². The Bertz CT molecular complexity index is 1000. The van der Waals surface area contributed by atoms with Gasteiger partial charge in [-0.3, -0.25) is 9.78 Å². The number of pyridine rings is 1. The molecule has 0 bridgehead atoms. The SMILES string of the molecule is CC.C[C@H](Nc1nc(C(=O)NCCC2CCNC2)c2sccc2n1)c1cncc(F)c1. The van der Waals surface area contributed by atoms with Gasteiger partial charge in [0.2, 0.25) is 5.95 Å². The molecule has 1 unspecified atom stereocenters. The largest absolute Gasteiger partial charge is 0.351 e. The van der Waals surface area contributed by atoms with Gasteiger partial charge in [-0.15, -0.1) is 11.3 Å². The van der Waals surface area contributed by atoms with Crippen LogP contribution in [-0.2, 0) is 0 Å². The van der Waals surface area contributed by atoms with E-state index in [1.54, 1.807) is 6.20 Å². The van der Waals surface area contributed by atoms with Crippen molar-refractivity contribution in [2.24, 2.45) is 5.92 Å². The van der Waals surface area contributed by atoms with Gasteiger partial charge in [-0.1, -0.05) is 13.8 Å². The lowest BCUT2D eigenvalue weighted by Crippen LogP contribution is -2.27. The maximum absolute atomic E-state index is 13.5. The van der Waals surface area contributed by atoms with Crippen LogP contribution in [0, 0.1) is 11.7 Å². The Balaban J connectivity index is 0.00000132. The van der Waals surface area contributed by atoms with E-state index in [0.717, 1.165) is 36.8 Å². The molecule has 0 aliphatic carbocycles. The van der Waals surface area contributed by atoms with Crippen molar-refractivity contribution in [1.29, 1.82) is 0 Å². The summed E-state index contributed by atoms with van der Waals surface area (Å²) in [4.78, 5) is 25.6. The number of rotatable bonds is 7. The number of aromatic nitrogens is 3. The summed E-state index contributed by atoms with van der Waals surface area (Å²) in [7, 11) is 0. The summed E-state index contributed by atoms with van der Waals surface area (Å²) < 4.78 is 14.2. The second-order valence-corrected chi connectivity index (χ2v) is 8.15. The second-order valence-electron chi connectivity index (χ2n) is 7.24. The van der Waals surface area contributed by atoms with E-state index in [9.17, 15) is 9.18 Å². The summed E-state index contributed by atoms with van der Waals surface area (Å²) in [5.41, 5.74) is 1.75. The number of amides is 1. The zero-order valence-electron chi connectivity index (χ0n) is 18.1. The molecule has 1 aliphatic rings. The molecule has 166 valence electrons. The summed E-state index contributed by atoms with van der Waals surface area (Å²) in [6.07, 6.45) is 4.86. The summed E-state index contributed by atoms with van der Waals surface area (Å²) in [5, 5.41) is 11.4. The van der Waals surface area contributed by atoms with Crippen LogP contribution in [0.2, 0.25) is 0 Å². The lowest BCUT2D eigenvalue weighted by atomic mass is 10.1. The smallest absolute Gasteiger partial charge is 0.271 e. The molecular formula is C22H29FN6OS. The van der Waals surface area contributed by atoms with Crippen LogP contribution in [0.3, 0.4) is 0 Å². The van der Waals surface area contributed by atoms with Gasteiger partial charge < -0.3 is 16.0 Å². The molecule has 3 N–H and O–H groups in total. The first-order valence-electron chi connectivity index (χ1n) is 10.7. The molecule has 1 aliphatic heterocycles. The van der Waals surface area contributed by atoms with Crippen LogP contribution in [0.25, 0.3) is 10.2 Å². The van der Waals surface area contributed by atoms with Gasteiger partial charge in [0.05, 0.1) is 22.5 Å². The van der Waals surface area contributed by atoms with Crippen molar-refractivity contribution >= 4 is 33.4 Å². The molecule has 3 aromatic heterocycles. The highest BCUT2D eigenvalue weighted by Gasteiger charge is 2.19. The van der Waals surface area contributed by atoms with E-state index in [0.29, 0.717) is 35.2 Å². The Hall–Kier alpha value is -2.65. The summed E-state index contributed by atoms with van der Waals surface area (Å²) in [5.74, 6) is 0.343. The maximum atomic E-state index is 13.5. The van der Waals surface area contributed by atoms with Crippen molar-refractivity contribution in [2.45, 2.75) is 39.7 Å². The van der Waals surface area contributed by atoms with Gasteiger partial charge in [0.15, 0.2) is 5.69 Å². The number of hydrogen-bond acceptors (Lipinski definition) is 7. The van der Waals surface area contributed by atoms with Gasteiger partial charge in [-0.05, 0) is 61.8 Å². The summed E-state index contributed by atoms with van der Waals surface area (Å²) >= 11 is 1.44. The third-order valence-corrected chi connectivity index (χ3v) is 6.00. The number of hydrogen-bond donors (Lipinski definition) is 3. The summed E-state index contributed by atoms with van der Waals surface area (Å²) in [6.45, 7) is 8.55. The predicted molar refractivity (Wildman–Crippen MR) is 123 cm³/mol. The number of nitrogens with one attached hydrogen (secondary N) is 3. The van der Waals surface area contributed by atoms with Gasteiger partial charge in [-0.2, -0.15) is 0 Å². The fourth-order valence-electron chi connectivity index (χ4n) is 3.46. The molecule has 0 radical (unpaired) electrons. The molecule has 0 aromatic carbocycles. The quantitative estimate of drug-likeness (QED) is 0.507. The Labute approximate surface area is 185 Å². The van der Waals surface area contributed by atoms with Gasteiger partial charge in [0, 0.05) is 12.7 Å². The Morgan fingerprint density at radius 1 is 1.35 bits per heavy atom. The predicted octanol–water partition coefficient (Wildman–Crippen LogP) is 4.15. The number of anilines is 1. The van der Waals surface area contributed by atoms with Crippen LogP contribution in [-0.4, -0.2) is 40.5 Å². The van der Waals surface area contributed by atoms with Gasteiger partial charge in [-0.25, -0.2) is 14.4 Å². The van der Waals surface area contributed by atoms with Crippen molar-refractivity contribution < 1.29 is 9.18 Å². The van der Waals surface area contributed by atoms with E-state index < -0.39 is 5.82 Å². The van der Waals surface area contributed by atoms with Gasteiger partial charge in [0.25, 0.3) is 5.91 Å². The molecule has 4 rings (SSSR count). The molecule has 2 atom stereocenters. The van der Waals surface area contributed by atoms with Crippen molar-refractivity contribution in [1.82, 2.24) is 25.6 Å². The minimum Gasteiger partial charge on any atom is -0.351 e. The van der Waals surface area contributed by atoms with E-state index in [4.69, 9.17) is 0 Å². The van der Waals surface area contributed by atoms with Crippen molar-refractivity contribution in [3.63, 3.8) is 0 Å². The molecule has 1 amide bonds. The molecule has 3 aromatic rings. The average Bonchev–Trinajstić information content (AvgIpc) is 3.46. The van der Waals surface area contributed by atoms with E-state index in [1.807, 2.05) is 32.2 Å². The standard InChI is InChI=1S/C20H23FN6OS.C2H6/c1-12(14-8-15(21)11-23-10-14)25-20-26-16-4-7-29-18(16)17(27-20)19(28)24-6-3-13-2-5-22-9-13;1-2/h4,7-8,10-13,22H,2-3,5-6,9H2,1H3,(H,24,28)(H,25,26,27);1-2H3/t12-,13?;/m0./s1. The number of carbonyl (C=O) groups excluding carboxylic acids is 1. The van der Waals surface area contributed by atoms with E-state index in [2.05, 4.69) is 30.9 Å². The number of halogens is 1. The van der Waals surface area contributed by atoms with Crippen molar-refractivity contribution in [2.75, 3.05) is 25.0 Å². The molecule has 9 heteroatoms. The first-order valence-corrected chi connectivity index (χ1v) is 11.6. The van der Waals surface area contributed by atoms with Gasteiger partial charge >= 0.3 is 0 Å². The fourth-order valence-corrected chi connectivity index (χ4v) is 4.28. The number of thiophene rings is 1. The number of nitrogens with zero attached hydrogens (tertiary/aromatic N) is 3. The van der Waals surface area contributed by atoms with Crippen LogP contribution in [0.15, 0.2) is 29.9 Å². The van der Waals surface area contributed by atoms with Crippen molar-refractivity contribution in [3.8, 4) is 0 Å². The lowest BCUT2D eigenvalue weighted by Gasteiger charge is -2.15. The monoisotopic (exact) mass is 444 g/mol. The Morgan fingerprint density at radius 2 is 2.19 bits per heavy atom. The van der Waals surface area contributed by atoms with Crippen LogP contribution in [0.5, 0.6) is 0 Å². The normalized spacial score (nSPS) is 16.5. The number of fused-ring (bicyclic) bond motifs is 1. The minimum absolute atomic E-state index is 0.200. The number of carbonyl (C=O) groups is 1. The molecule has 4 heterocycles. The molecule has 0 spiro atoms. The van der Waals surface area contributed by atoms with Crippen LogP contribution in [0.4, 0.5) is 10.3 Å². The first kappa shape index (κ1) is 23.0.